The fourth-order valence-electron chi connectivity index (χ4n) is 1.62. The van der Waals surface area contributed by atoms with Crippen LogP contribution in [-0.4, -0.2) is 0 Å². The van der Waals surface area contributed by atoms with Crippen molar-refractivity contribution >= 4 is 22.7 Å². The number of nitrogens with zero attached hydrogens (tertiary/aromatic N) is 1. The van der Waals surface area contributed by atoms with Crippen LogP contribution in [0.4, 0.5) is 11.4 Å². The Morgan fingerprint density at radius 1 is 1.41 bits per heavy atom. The summed E-state index contributed by atoms with van der Waals surface area (Å²) >= 11 is 1.67. The molecule has 4 heteroatoms. The molecule has 2 aromatic rings. The van der Waals surface area contributed by atoms with Gasteiger partial charge in [-0.3, -0.25) is 0 Å². The summed E-state index contributed by atoms with van der Waals surface area (Å²) in [5, 5.41) is 16.5. The fourth-order valence-corrected chi connectivity index (χ4v) is 2.37. The van der Waals surface area contributed by atoms with Crippen LogP contribution in [0, 0.1) is 11.3 Å². The second kappa shape index (κ2) is 4.89. The van der Waals surface area contributed by atoms with Crippen molar-refractivity contribution in [2.45, 2.75) is 13.0 Å². The second-order valence-electron chi connectivity index (χ2n) is 3.84. The van der Waals surface area contributed by atoms with E-state index < -0.39 is 0 Å². The highest BCUT2D eigenvalue weighted by molar-refractivity contribution is 7.07. The number of nitrogens with two attached hydrogens (primary N) is 1. The predicted octanol–water partition coefficient (Wildman–Crippen LogP) is 3.38. The molecule has 0 bridgehead atoms. The maximum absolute atomic E-state index is 9.04. The zero-order valence-electron chi connectivity index (χ0n) is 9.47. The first-order valence-corrected chi connectivity index (χ1v) is 6.23. The zero-order chi connectivity index (χ0) is 12.3. The van der Waals surface area contributed by atoms with Crippen molar-refractivity contribution in [3.63, 3.8) is 0 Å². The quantitative estimate of drug-likeness (QED) is 0.812. The summed E-state index contributed by atoms with van der Waals surface area (Å²) in [7, 11) is 0. The van der Waals surface area contributed by atoms with Crippen molar-refractivity contribution in [3.05, 3.63) is 46.2 Å². The Kier molecular flexibility index (Phi) is 3.31. The van der Waals surface area contributed by atoms with Crippen molar-refractivity contribution in [2.75, 3.05) is 11.1 Å². The van der Waals surface area contributed by atoms with Crippen molar-refractivity contribution in [1.29, 1.82) is 5.26 Å². The molecule has 3 N–H and O–H groups in total. The molecule has 0 saturated heterocycles. The lowest BCUT2D eigenvalue weighted by molar-refractivity contribution is 0.890. The zero-order valence-corrected chi connectivity index (χ0v) is 10.3. The van der Waals surface area contributed by atoms with Crippen molar-refractivity contribution < 1.29 is 0 Å². The Morgan fingerprint density at radius 2 is 2.24 bits per heavy atom. The van der Waals surface area contributed by atoms with Crippen LogP contribution in [0.2, 0.25) is 0 Å². The molecular formula is C13H13N3S. The number of hydrogen-bond acceptors (Lipinski definition) is 4. The van der Waals surface area contributed by atoms with Gasteiger partial charge in [-0.1, -0.05) is 0 Å². The third-order valence-corrected chi connectivity index (χ3v) is 3.28. The van der Waals surface area contributed by atoms with Crippen LogP contribution in [0.3, 0.4) is 0 Å². The molecule has 0 aliphatic rings. The third kappa shape index (κ3) is 2.58. The summed E-state index contributed by atoms with van der Waals surface area (Å²) in [5.74, 6) is 0. The SMILES string of the molecule is CC(Nc1ccc(N)cc1C#N)c1ccsc1. The van der Waals surface area contributed by atoms with E-state index in [4.69, 9.17) is 11.0 Å². The van der Waals surface area contributed by atoms with Gasteiger partial charge in [0.1, 0.15) is 6.07 Å². The fraction of sp³-hybridized carbons (Fsp3) is 0.154. The number of nitrogens with one attached hydrogen (secondary N) is 1. The molecule has 0 radical (unpaired) electrons. The van der Waals surface area contributed by atoms with Gasteiger partial charge in [-0.25, -0.2) is 0 Å². The van der Waals surface area contributed by atoms with Gasteiger partial charge in [-0.2, -0.15) is 16.6 Å². The molecule has 0 amide bonds. The highest BCUT2D eigenvalue weighted by atomic mass is 32.1. The molecule has 1 aromatic carbocycles. The number of nitriles is 1. The first kappa shape index (κ1) is 11.5. The Hall–Kier alpha value is -1.99. The monoisotopic (exact) mass is 243 g/mol. The van der Waals surface area contributed by atoms with E-state index in [-0.39, 0.29) is 6.04 Å². The highest BCUT2D eigenvalue weighted by Gasteiger charge is 2.08. The normalized spacial score (nSPS) is 11.8. The Labute approximate surface area is 105 Å². The second-order valence-corrected chi connectivity index (χ2v) is 4.62. The Morgan fingerprint density at radius 3 is 2.88 bits per heavy atom. The van der Waals surface area contributed by atoms with E-state index in [0.29, 0.717) is 11.3 Å². The smallest absolute Gasteiger partial charge is 0.101 e. The summed E-state index contributed by atoms with van der Waals surface area (Å²) in [6.45, 7) is 2.07. The summed E-state index contributed by atoms with van der Waals surface area (Å²) in [4.78, 5) is 0. The summed E-state index contributed by atoms with van der Waals surface area (Å²) in [5.41, 5.74) is 8.87. The molecule has 1 atom stereocenters. The number of thiophene rings is 1. The topological polar surface area (TPSA) is 61.8 Å². The molecule has 0 spiro atoms. The van der Waals surface area contributed by atoms with Gasteiger partial charge >= 0.3 is 0 Å². The van der Waals surface area contributed by atoms with Crippen LogP contribution in [0.1, 0.15) is 24.1 Å². The average Bonchev–Trinajstić information content (AvgIpc) is 2.85. The lowest BCUT2D eigenvalue weighted by atomic mass is 10.1. The van der Waals surface area contributed by atoms with Crippen molar-refractivity contribution in [3.8, 4) is 6.07 Å². The van der Waals surface area contributed by atoms with Crippen molar-refractivity contribution in [2.24, 2.45) is 0 Å². The number of nitrogen functional groups attached to an aromatic ring is 1. The van der Waals surface area contributed by atoms with E-state index in [1.54, 1.807) is 23.5 Å². The minimum Gasteiger partial charge on any atom is -0.399 e. The van der Waals surface area contributed by atoms with Crippen molar-refractivity contribution in [1.82, 2.24) is 0 Å². The van der Waals surface area contributed by atoms with Crippen LogP contribution < -0.4 is 11.1 Å². The number of benzene rings is 1. The van der Waals surface area contributed by atoms with Crippen LogP contribution in [0.25, 0.3) is 0 Å². The van der Waals surface area contributed by atoms with E-state index in [9.17, 15) is 0 Å². The molecule has 1 heterocycles. The molecule has 86 valence electrons. The minimum atomic E-state index is 0.178. The van der Waals surface area contributed by atoms with Crippen LogP contribution in [-0.2, 0) is 0 Å². The molecule has 0 aliphatic carbocycles. The molecule has 2 rings (SSSR count). The molecule has 0 aliphatic heterocycles. The van der Waals surface area contributed by atoms with Gasteiger partial charge in [0, 0.05) is 11.7 Å². The van der Waals surface area contributed by atoms with Crippen LogP contribution in [0.15, 0.2) is 35.0 Å². The molecule has 17 heavy (non-hydrogen) atoms. The van der Waals surface area contributed by atoms with E-state index in [2.05, 4.69) is 29.8 Å². The highest BCUT2D eigenvalue weighted by Crippen LogP contribution is 2.24. The average molecular weight is 243 g/mol. The summed E-state index contributed by atoms with van der Waals surface area (Å²) < 4.78 is 0. The summed E-state index contributed by atoms with van der Waals surface area (Å²) in [6, 6.07) is 9.72. The number of anilines is 2. The molecule has 1 unspecified atom stereocenters. The maximum Gasteiger partial charge on any atom is 0.101 e. The van der Waals surface area contributed by atoms with Crippen LogP contribution >= 0.6 is 11.3 Å². The lowest BCUT2D eigenvalue weighted by Crippen LogP contribution is -2.07. The Balaban J connectivity index is 2.22. The first-order chi connectivity index (χ1) is 8.20. The van der Waals surface area contributed by atoms with E-state index in [1.807, 2.05) is 11.4 Å². The predicted molar refractivity (Wildman–Crippen MR) is 71.9 cm³/mol. The number of hydrogen-bond donors (Lipinski definition) is 2. The van der Waals surface area contributed by atoms with E-state index in [1.165, 1.54) is 5.56 Å². The van der Waals surface area contributed by atoms with E-state index in [0.717, 1.165) is 5.69 Å². The van der Waals surface area contributed by atoms with Gasteiger partial charge in [-0.05, 0) is 47.5 Å². The lowest BCUT2D eigenvalue weighted by Gasteiger charge is -2.15. The summed E-state index contributed by atoms with van der Waals surface area (Å²) in [6.07, 6.45) is 0. The van der Waals surface area contributed by atoms with Gasteiger partial charge < -0.3 is 11.1 Å². The van der Waals surface area contributed by atoms with Gasteiger partial charge in [0.15, 0.2) is 0 Å². The number of rotatable bonds is 3. The Bertz CT molecular complexity index is 540. The molecule has 0 fully saturated rings. The van der Waals surface area contributed by atoms with Gasteiger partial charge in [-0.15, -0.1) is 0 Å². The largest absolute Gasteiger partial charge is 0.399 e. The van der Waals surface area contributed by atoms with Gasteiger partial charge in [0.2, 0.25) is 0 Å². The first-order valence-electron chi connectivity index (χ1n) is 5.29. The molecular weight excluding hydrogens is 230 g/mol. The van der Waals surface area contributed by atoms with Gasteiger partial charge in [0.05, 0.1) is 11.3 Å². The molecule has 1 aromatic heterocycles. The van der Waals surface area contributed by atoms with Gasteiger partial charge in [0.25, 0.3) is 0 Å². The maximum atomic E-state index is 9.04. The standard InChI is InChI=1S/C13H13N3S/c1-9(10-4-5-17-8-10)16-13-3-2-12(15)6-11(13)7-14/h2-6,8-9,16H,15H2,1H3. The molecule has 3 nitrogen and oxygen atoms in total. The van der Waals surface area contributed by atoms with Crippen LogP contribution in [0.5, 0.6) is 0 Å². The third-order valence-electron chi connectivity index (χ3n) is 2.58. The minimum absolute atomic E-state index is 0.178. The van der Waals surface area contributed by atoms with E-state index >= 15 is 0 Å². The molecule has 0 saturated carbocycles.